The first kappa shape index (κ1) is 11.2. The van der Waals surface area contributed by atoms with E-state index in [-0.39, 0.29) is 18.3 Å². The highest BCUT2D eigenvalue weighted by Crippen LogP contribution is 2.26. The summed E-state index contributed by atoms with van der Waals surface area (Å²) in [5.74, 6) is -0.199. The van der Waals surface area contributed by atoms with Crippen LogP contribution in [0, 0.1) is 5.82 Å². The van der Waals surface area contributed by atoms with Gasteiger partial charge in [0.15, 0.2) is 0 Å². The van der Waals surface area contributed by atoms with Gasteiger partial charge in [0.05, 0.1) is 12.3 Å². The van der Waals surface area contributed by atoms with E-state index in [0.29, 0.717) is 0 Å². The van der Waals surface area contributed by atoms with E-state index >= 15 is 0 Å². The van der Waals surface area contributed by atoms with Crippen molar-refractivity contribution in [1.29, 1.82) is 0 Å². The SMILES string of the molecule is CC(CO)c1csc(-c2ccc(F)cc2)n1. The maximum absolute atomic E-state index is 12.7. The molecular weight excluding hydrogens is 225 g/mol. The van der Waals surface area contributed by atoms with E-state index < -0.39 is 0 Å². The van der Waals surface area contributed by atoms with E-state index in [1.807, 2.05) is 12.3 Å². The van der Waals surface area contributed by atoms with Crippen LogP contribution in [0.1, 0.15) is 18.5 Å². The first-order valence-corrected chi connectivity index (χ1v) is 5.91. The average molecular weight is 237 g/mol. The van der Waals surface area contributed by atoms with Gasteiger partial charge in [-0.15, -0.1) is 11.3 Å². The van der Waals surface area contributed by atoms with Gasteiger partial charge in [0.25, 0.3) is 0 Å². The molecule has 0 aliphatic rings. The number of aromatic nitrogens is 1. The van der Waals surface area contributed by atoms with E-state index in [4.69, 9.17) is 5.11 Å². The molecule has 2 aromatic rings. The van der Waals surface area contributed by atoms with Gasteiger partial charge in [-0.05, 0) is 24.3 Å². The van der Waals surface area contributed by atoms with Crippen molar-refractivity contribution in [2.45, 2.75) is 12.8 Å². The molecule has 1 unspecified atom stereocenters. The summed E-state index contributed by atoms with van der Waals surface area (Å²) in [5.41, 5.74) is 1.79. The molecule has 2 nitrogen and oxygen atoms in total. The zero-order chi connectivity index (χ0) is 11.5. The van der Waals surface area contributed by atoms with E-state index in [9.17, 15) is 4.39 Å². The summed E-state index contributed by atoms with van der Waals surface area (Å²) in [7, 11) is 0. The van der Waals surface area contributed by atoms with Crippen LogP contribution >= 0.6 is 11.3 Å². The number of benzene rings is 1. The number of thiazole rings is 1. The zero-order valence-corrected chi connectivity index (χ0v) is 9.67. The molecule has 0 spiro atoms. The molecule has 1 atom stereocenters. The molecular formula is C12H12FNOS. The van der Waals surface area contributed by atoms with Crippen molar-refractivity contribution < 1.29 is 9.50 Å². The largest absolute Gasteiger partial charge is 0.396 e. The van der Waals surface area contributed by atoms with Crippen LogP contribution in [-0.2, 0) is 0 Å². The molecule has 4 heteroatoms. The number of halogens is 1. The van der Waals surface area contributed by atoms with Crippen LogP contribution < -0.4 is 0 Å². The standard InChI is InChI=1S/C12H12FNOS/c1-8(6-15)11-7-16-12(14-11)9-2-4-10(13)5-3-9/h2-5,7-8,15H,6H2,1H3. The third-order valence-corrected chi connectivity index (χ3v) is 3.30. The van der Waals surface area contributed by atoms with Gasteiger partial charge in [-0.3, -0.25) is 0 Å². The summed E-state index contributed by atoms with van der Waals surface area (Å²) in [6, 6.07) is 6.26. The Labute approximate surface area is 97.4 Å². The summed E-state index contributed by atoms with van der Waals surface area (Å²) >= 11 is 1.51. The van der Waals surface area contributed by atoms with Crippen LogP contribution in [0.2, 0.25) is 0 Å². The topological polar surface area (TPSA) is 33.1 Å². The molecule has 0 saturated heterocycles. The molecule has 0 fully saturated rings. The predicted molar refractivity (Wildman–Crippen MR) is 63.0 cm³/mol. The first-order valence-electron chi connectivity index (χ1n) is 5.03. The summed E-state index contributed by atoms with van der Waals surface area (Å²) in [5, 5.41) is 11.8. The molecule has 0 amide bonds. The van der Waals surface area contributed by atoms with Crippen molar-refractivity contribution in [3.05, 3.63) is 41.2 Å². The van der Waals surface area contributed by atoms with Crippen LogP contribution in [0.4, 0.5) is 4.39 Å². The Hall–Kier alpha value is -1.26. The minimum absolute atomic E-state index is 0.0467. The van der Waals surface area contributed by atoms with Gasteiger partial charge in [0.2, 0.25) is 0 Å². The Bertz CT molecular complexity index is 466. The Kier molecular flexibility index (Phi) is 3.31. The van der Waals surface area contributed by atoms with Crippen molar-refractivity contribution in [2.75, 3.05) is 6.61 Å². The maximum Gasteiger partial charge on any atom is 0.123 e. The second-order valence-corrected chi connectivity index (χ2v) is 4.53. The van der Waals surface area contributed by atoms with Gasteiger partial charge in [0, 0.05) is 16.9 Å². The van der Waals surface area contributed by atoms with Gasteiger partial charge in [-0.2, -0.15) is 0 Å². The predicted octanol–water partition coefficient (Wildman–Crippen LogP) is 3.05. The van der Waals surface area contributed by atoms with Crippen molar-refractivity contribution in [3.8, 4) is 10.6 Å². The second-order valence-electron chi connectivity index (χ2n) is 3.67. The second kappa shape index (κ2) is 4.72. The quantitative estimate of drug-likeness (QED) is 0.890. The van der Waals surface area contributed by atoms with Crippen molar-refractivity contribution in [2.24, 2.45) is 0 Å². The Morgan fingerprint density at radius 1 is 1.38 bits per heavy atom. The Morgan fingerprint density at radius 2 is 2.06 bits per heavy atom. The molecule has 2 rings (SSSR count). The van der Waals surface area contributed by atoms with Gasteiger partial charge >= 0.3 is 0 Å². The summed E-state index contributed by atoms with van der Waals surface area (Å²) in [4.78, 5) is 4.42. The fourth-order valence-corrected chi connectivity index (χ4v) is 2.28. The van der Waals surface area contributed by atoms with Crippen LogP contribution in [0.5, 0.6) is 0 Å². The van der Waals surface area contributed by atoms with Crippen LogP contribution in [-0.4, -0.2) is 16.7 Å². The summed E-state index contributed by atoms with van der Waals surface area (Å²) in [6.07, 6.45) is 0. The van der Waals surface area contributed by atoms with Gasteiger partial charge in [-0.1, -0.05) is 6.92 Å². The minimum atomic E-state index is -0.246. The highest BCUT2D eigenvalue weighted by atomic mass is 32.1. The number of hydrogen-bond donors (Lipinski definition) is 1. The molecule has 84 valence electrons. The number of aliphatic hydroxyl groups is 1. The highest BCUT2D eigenvalue weighted by Gasteiger charge is 2.10. The smallest absolute Gasteiger partial charge is 0.123 e. The number of aliphatic hydroxyl groups excluding tert-OH is 1. The molecule has 0 aliphatic heterocycles. The normalized spacial score (nSPS) is 12.7. The minimum Gasteiger partial charge on any atom is -0.396 e. The molecule has 0 aliphatic carbocycles. The lowest BCUT2D eigenvalue weighted by Gasteiger charge is -2.01. The van der Waals surface area contributed by atoms with Crippen molar-refractivity contribution in [3.63, 3.8) is 0 Å². The maximum atomic E-state index is 12.7. The molecule has 1 aromatic heterocycles. The van der Waals surface area contributed by atoms with Crippen molar-refractivity contribution >= 4 is 11.3 Å². The highest BCUT2D eigenvalue weighted by molar-refractivity contribution is 7.13. The first-order chi connectivity index (χ1) is 7.70. The van der Waals surface area contributed by atoms with Gasteiger partial charge in [-0.25, -0.2) is 9.37 Å². The van der Waals surface area contributed by atoms with Crippen molar-refractivity contribution in [1.82, 2.24) is 4.98 Å². The monoisotopic (exact) mass is 237 g/mol. The Balaban J connectivity index is 2.28. The lowest BCUT2D eigenvalue weighted by molar-refractivity contribution is 0.271. The lowest BCUT2D eigenvalue weighted by atomic mass is 10.1. The van der Waals surface area contributed by atoms with E-state index in [1.54, 1.807) is 12.1 Å². The molecule has 0 saturated carbocycles. The van der Waals surface area contributed by atoms with Gasteiger partial charge in [0.1, 0.15) is 10.8 Å². The molecule has 1 heterocycles. The van der Waals surface area contributed by atoms with E-state index in [2.05, 4.69) is 4.98 Å². The number of hydrogen-bond acceptors (Lipinski definition) is 3. The van der Waals surface area contributed by atoms with E-state index in [0.717, 1.165) is 16.3 Å². The fraction of sp³-hybridized carbons (Fsp3) is 0.250. The van der Waals surface area contributed by atoms with Crippen LogP contribution in [0.3, 0.4) is 0 Å². The number of nitrogens with zero attached hydrogens (tertiary/aromatic N) is 1. The van der Waals surface area contributed by atoms with E-state index in [1.165, 1.54) is 23.5 Å². The summed E-state index contributed by atoms with van der Waals surface area (Å²) < 4.78 is 12.7. The van der Waals surface area contributed by atoms with Gasteiger partial charge < -0.3 is 5.11 Å². The molecule has 1 N–H and O–H groups in total. The molecule has 1 aromatic carbocycles. The third kappa shape index (κ3) is 2.28. The summed E-state index contributed by atoms with van der Waals surface area (Å²) in [6.45, 7) is 2.01. The lowest BCUT2D eigenvalue weighted by Crippen LogP contribution is -1.98. The third-order valence-electron chi connectivity index (χ3n) is 2.39. The fourth-order valence-electron chi connectivity index (χ4n) is 1.33. The molecule has 0 bridgehead atoms. The Morgan fingerprint density at radius 3 is 2.69 bits per heavy atom. The molecule has 16 heavy (non-hydrogen) atoms. The average Bonchev–Trinajstić information content (AvgIpc) is 2.78. The zero-order valence-electron chi connectivity index (χ0n) is 8.85. The molecule has 0 radical (unpaired) electrons. The number of rotatable bonds is 3. The van der Waals surface area contributed by atoms with Crippen LogP contribution in [0.15, 0.2) is 29.6 Å². The van der Waals surface area contributed by atoms with Crippen LogP contribution in [0.25, 0.3) is 10.6 Å².